The number of urea groups is 1. The fourth-order valence-electron chi connectivity index (χ4n) is 3.39. The summed E-state index contributed by atoms with van der Waals surface area (Å²) in [5.74, 6) is 0. The summed E-state index contributed by atoms with van der Waals surface area (Å²) in [6.07, 6.45) is 6.98. The smallest absolute Gasteiger partial charge is 0.317 e. The minimum Gasteiger partial charge on any atom is -0.392 e. The summed E-state index contributed by atoms with van der Waals surface area (Å²) < 4.78 is 0. The van der Waals surface area contributed by atoms with E-state index in [1.165, 1.54) is 19.3 Å². The van der Waals surface area contributed by atoms with Gasteiger partial charge in [-0.15, -0.1) is 0 Å². The molecule has 0 spiro atoms. The normalized spacial score (nSPS) is 22.8. The average Bonchev–Trinajstić information content (AvgIpc) is 2.49. The first-order valence-electron chi connectivity index (χ1n) is 8.20. The van der Waals surface area contributed by atoms with E-state index in [0.29, 0.717) is 11.0 Å². The van der Waals surface area contributed by atoms with Gasteiger partial charge in [-0.3, -0.25) is 4.90 Å². The Morgan fingerprint density at radius 2 is 1.86 bits per heavy atom. The van der Waals surface area contributed by atoms with Crippen molar-refractivity contribution in [3.05, 3.63) is 0 Å². The topological polar surface area (TPSA) is 61.6 Å². The highest BCUT2D eigenvalue weighted by atomic mass is 32.1. The lowest BCUT2D eigenvalue weighted by molar-refractivity contribution is 0.123. The summed E-state index contributed by atoms with van der Waals surface area (Å²) in [7, 11) is 0. The van der Waals surface area contributed by atoms with Crippen LogP contribution in [0.4, 0.5) is 4.79 Å². The van der Waals surface area contributed by atoms with Crippen LogP contribution in [0.15, 0.2) is 0 Å². The molecule has 1 saturated carbocycles. The van der Waals surface area contributed by atoms with Gasteiger partial charge in [0.05, 0.1) is 11.0 Å². The number of hydrogen-bond donors (Lipinski definition) is 2. The lowest BCUT2D eigenvalue weighted by Crippen LogP contribution is -2.57. The Balaban J connectivity index is 1.77. The standard InChI is InChI=1S/C15H28N4OS/c1-2-13(14(16)21)18-8-10-19(11-9-18)15(20)17-12-6-4-3-5-7-12/h12-13H,2-11H2,1H3,(H2,16,21)(H,17,20). The lowest BCUT2D eigenvalue weighted by Gasteiger charge is -2.39. The van der Waals surface area contributed by atoms with Crippen LogP contribution in [-0.2, 0) is 0 Å². The summed E-state index contributed by atoms with van der Waals surface area (Å²) in [6, 6.07) is 0.651. The number of hydrogen-bond acceptors (Lipinski definition) is 3. The molecule has 120 valence electrons. The van der Waals surface area contributed by atoms with Crippen molar-refractivity contribution >= 4 is 23.2 Å². The van der Waals surface area contributed by atoms with Crippen LogP contribution in [0, 0.1) is 0 Å². The second kappa shape index (κ2) is 7.94. The van der Waals surface area contributed by atoms with Crippen molar-refractivity contribution in [2.45, 2.75) is 57.5 Å². The van der Waals surface area contributed by atoms with E-state index in [2.05, 4.69) is 17.1 Å². The maximum atomic E-state index is 12.3. The van der Waals surface area contributed by atoms with E-state index < -0.39 is 0 Å². The fraction of sp³-hybridized carbons (Fsp3) is 0.867. The molecule has 1 aliphatic heterocycles. The van der Waals surface area contributed by atoms with Gasteiger partial charge in [-0.2, -0.15) is 0 Å². The molecule has 0 aromatic heterocycles. The number of carbonyl (C=O) groups excluding carboxylic acids is 1. The van der Waals surface area contributed by atoms with Crippen LogP contribution >= 0.6 is 12.2 Å². The fourth-order valence-corrected chi connectivity index (χ4v) is 3.70. The first kappa shape index (κ1) is 16.5. The number of amides is 2. The third-order valence-corrected chi connectivity index (χ3v) is 4.96. The number of nitrogens with one attached hydrogen (secondary N) is 1. The molecule has 0 bridgehead atoms. The van der Waals surface area contributed by atoms with Crippen LogP contribution in [0.2, 0.25) is 0 Å². The second-order valence-electron chi connectivity index (χ2n) is 6.13. The number of thiocarbonyl (C=S) groups is 1. The molecule has 5 nitrogen and oxygen atoms in total. The molecule has 0 radical (unpaired) electrons. The van der Waals surface area contributed by atoms with E-state index in [0.717, 1.165) is 45.4 Å². The molecule has 0 aromatic rings. The van der Waals surface area contributed by atoms with Gasteiger partial charge in [0, 0.05) is 32.2 Å². The number of carbonyl (C=O) groups is 1. The van der Waals surface area contributed by atoms with Gasteiger partial charge in [-0.25, -0.2) is 4.79 Å². The van der Waals surface area contributed by atoms with Crippen molar-refractivity contribution in [1.82, 2.24) is 15.1 Å². The molecule has 1 aliphatic carbocycles. The Labute approximate surface area is 133 Å². The molecule has 3 N–H and O–H groups in total. The molecule has 0 aromatic carbocycles. The summed E-state index contributed by atoms with van der Waals surface area (Å²) in [5.41, 5.74) is 5.79. The van der Waals surface area contributed by atoms with Gasteiger partial charge in [0.25, 0.3) is 0 Å². The summed E-state index contributed by atoms with van der Waals surface area (Å²) in [4.78, 5) is 17.1. The van der Waals surface area contributed by atoms with Gasteiger partial charge in [0.15, 0.2) is 0 Å². The predicted octanol–water partition coefficient (Wildman–Crippen LogP) is 1.71. The van der Waals surface area contributed by atoms with Crippen molar-refractivity contribution in [2.75, 3.05) is 26.2 Å². The molecular weight excluding hydrogens is 284 g/mol. The molecule has 2 fully saturated rings. The van der Waals surface area contributed by atoms with Crippen LogP contribution in [-0.4, -0.2) is 59.1 Å². The van der Waals surface area contributed by atoms with E-state index in [9.17, 15) is 4.79 Å². The molecule has 2 rings (SSSR count). The summed E-state index contributed by atoms with van der Waals surface area (Å²) in [5, 5.41) is 3.19. The number of piperazine rings is 1. The van der Waals surface area contributed by atoms with Crippen molar-refractivity contribution in [2.24, 2.45) is 5.73 Å². The molecular formula is C15H28N4OS. The molecule has 1 saturated heterocycles. The maximum absolute atomic E-state index is 12.3. The predicted molar refractivity (Wildman–Crippen MR) is 89.4 cm³/mol. The Morgan fingerprint density at radius 1 is 1.24 bits per heavy atom. The number of nitrogens with zero attached hydrogens (tertiary/aromatic N) is 2. The average molecular weight is 312 g/mol. The largest absolute Gasteiger partial charge is 0.392 e. The van der Waals surface area contributed by atoms with Gasteiger partial charge >= 0.3 is 6.03 Å². The molecule has 6 heteroatoms. The van der Waals surface area contributed by atoms with Crippen LogP contribution < -0.4 is 11.1 Å². The van der Waals surface area contributed by atoms with Gasteiger partial charge in [-0.1, -0.05) is 38.4 Å². The minimum absolute atomic E-state index is 0.102. The lowest BCUT2D eigenvalue weighted by atomic mass is 9.96. The van der Waals surface area contributed by atoms with Crippen molar-refractivity contribution in [1.29, 1.82) is 0 Å². The molecule has 1 heterocycles. The molecule has 1 atom stereocenters. The Kier molecular flexibility index (Phi) is 6.23. The van der Waals surface area contributed by atoms with Crippen LogP contribution in [0.25, 0.3) is 0 Å². The summed E-state index contributed by atoms with van der Waals surface area (Å²) in [6.45, 7) is 5.34. The highest BCUT2D eigenvalue weighted by Gasteiger charge is 2.27. The third-order valence-electron chi connectivity index (χ3n) is 4.69. The SMILES string of the molecule is CCC(C(N)=S)N1CCN(C(=O)NC2CCCCC2)CC1. The van der Waals surface area contributed by atoms with Crippen molar-refractivity contribution in [3.8, 4) is 0 Å². The first-order chi connectivity index (χ1) is 10.1. The Bertz CT molecular complexity index is 363. The van der Waals surface area contributed by atoms with Crippen molar-refractivity contribution in [3.63, 3.8) is 0 Å². The van der Waals surface area contributed by atoms with Gasteiger partial charge in [-0.05, 0) is 19.3 Å². The number of rotatable bonds is 4. The minimum atomic E-state index is 0.102. The highest BCUT2D eigenvalue weighted by Crippen LogP contribution is 2.18. The summed E-state index contributed by atoms with van der Waals surface area (Å²) >= 11 is 5.13. The second-order valence-corrected chi connectivity index (χ2v) is 6.61. The third kappa shape index (κ3) is 4.54. The molecule has 21 heavy (non-hydrogen) atoms. The van der Waals surface area contributed by atoms with Gasteiger partial charge < -0.3 is 16.0 Å². The van der Waals surface area contributed by atoms with Crippen LogP contribution in [0.5, 0.6) is 0 Å². The van der Waals surface area contributed by atoms with E-state index in [1.54, 1.807) is 0 Å². The van der Waals surface area contributed by atoms with Crippen molar-refractivity contribution < 1.29 is 4.79 Å². The van der Waals surface area contributed by atoms with Gasteiger partial charge in [0.2, 0.25) is 0 Å². The van der Waals surface area contributed by atoms with E-state index in [4.69, 9.17) is 18.0 Å². The molecule has 2 amide bonds. The molecule has 1 unspecified atom stereocenters. The Hall–Kier alpha value is -0.880. The maximum Gasteiger partial charge on any atom is 0.317 e. The zero-order chi connectivity index (χ0) is 15.2. The van der Waals surface area contributed by atoms with E-state index >= 15 is 0 Å². The number of nitrogens with two attached hydrogens (primary N) is 1. The van der Waals surface area contributed by atoms with Gasteiger partial charge in [0.1, 0.15) is 0 Å². The van der Waals surface area contributed by atoms with E-state index in [-0.39, 0.29) is 12.1 Å². The molecule has 2 aliphatic rings. The van der Waals surface area contributed by atoms with Crippen LogP contribution in [0.3, 0.4) is 0 Å². The monoisotopic (exact) mass is 312 g/mol. The van der Waals surface area contributed by atoms with E-state index in [1.807, 2.05) is 4.90 Å². The highest BCUT2D eigenvalue weighted by molar-refractivity contribution is 7.80. The zero-order valence-corrected chi connectivity index (χ0v) is 13.8. The van der Waals surface area contributed by atoms with Crippen LogP contribution in [0.1, 0.15) is 45.4 Å². The zero-order valence-electron chi connectivity index (χ0n) is 13.0. The quantitative estimate of drug-likeness (QED) is 0.776. The first-order valence-corrected chi connectivity index (χ1v) is 8.61. The Morgan fingerprint density at radius 3 is 2.38 bits per heavy atom.